The number of aromatic nitrogens is 3. The van der Waals surface area contributed by atoms with Crippen molar-refractivity contribution in [1.29, 1.82) is 0 Å². The fourth-order valence-corrected chi connectivity index (χ4v) is 1.79. The maximum Gasteiger partial charge on any atom is 0.165 e. The molecule has 1 aromatic carbocycles. The lowest BCUT2D eigenvalue weighted by molar-refractivity contribution is 0.386. The first kappa shape index (κ1) is 12.5. The molecule has 5 nitrogen and oxygen atoms in total. The van der Waals surface area contributed by atoms with Gasteiger partial charge in [-0.2, -0.15) is 0 Å². The number of nitrogens with two attached hydrogens (primary N) is 1. The summed E-state index contributed by atoms with van der Waals surface area (Å²) >= 11 is 0. The zero-order valence-electron chi connectivity index (χ0n) is 10.5. The Morgan fingerprint density at radius 1 is 1.44 bits per heavy atom. The summed E-state index contributed by atoms with van der Waals surface area (Å²) in [7, 11) is 1.42. The summed E-state index contributed by atoms with van der Waals surface area (Å²) in [6, 6.07) is 4.33. The van der Waals surface area contributed by atoms with Crippen molar-refractivity contribution in [2.45, 2.75) is 19.9 Å². The van der Waals surface area contributed by atoms with E-state index in [0.29, 0.717) is 5.69 Å². The van der Waals surface area contributed by atoms with Crippen LogP contribution in [0, 0.1) is 12.7 Å². The van der Waals surface area contributed by atoms with Crippen molar-refractivity contribution in [2.24, 2.45) is 5.73 Å². The summed E-state index contributed by atoms with van der Waals surface area (Å²) in [5.41, 5.74) is 8.02. The molecule has 0 saturated heterocycles. The quantitative estimate of drug-likeness (QED) is 0.901. The fourth-order valence-electron chi connectivity index (χ4n) is 1.79. The number of hydrogen-bond donors (Lipinski definition) is 1. The van der Waals surface area contributed by atoms with Crippen LogP contribution in [0.3, 0.4) is 0 Å². The number of nitrogens with zero attached hydrogens (tertiary/aromatic N) is 3. The molecule has 18 heavy (non-hydrogen) atoms. The van der Waals surface area contributed by atoms with Crippen LogP contribution in [0.4, 0.5) is 4.39 Å². The van der Waals surface area contributed by atoms with Gasteiger partial charge < -0.3 is 10.5 Å². The molecular weight excluding hydrogens is 235 g/mol. The van der Waals surface area contributed by atoms with Gasteiger partial charge in [0, 0.05) is 12.1 Å². The number of halogens is 1. The summed E-state index contributed by atoms with van der Waals surface area (Å²) in [5, 5.41) is 8.04. The molecule has 1 heterocycles. The summed E-state index contributed by atoms with van der Waals surface area (Å²) in [4.78, 5) is 0. The molecule has 2 aromatic rings. The Labute approximate surface area is 104 Å². The summed E-state index contributed by atoms with van der Waals surface area (Å²) in [6.07, 6.45) is 0. The van der Waals surface area contributed by atoms with Gasteiger partial charge >= 0.3 is 0 Å². The molecule has 1 aromatic heterocycles. The molecule has 96 valence electrons. The molecule has 0 saturated carbocycles. The van der Waals surface area contributed by atoms with Crippen molar-refractivity contribution in [3.05, 3.63) is 35.4 Å². The lowest BCUT2D eigenvalue weighted by Gasteiger charge is -2.07. The topological polar surface area (TPSA) is 66.0 Å². The van der Waals surface area contributed by atoms with E-state index >= 15 is 0 Å². The maximum absolute atomic E-state index is 13.3. The molecule has 0 aliphatic heterocycles. The minimum atomic E-state index is -0.411. The third-order valence-corrected chi connectivity index (χ3v) is 2.74. The summed E-state index contributed by atoms with van der Waals surface area (Å²) in [5.74, 6) is -0.240. The Bertz CT molecular complexity index is 565. The van der Waals surface area contributed by atoms with Gasteiger partial charge in [-0.05, 0) is 26.0 Å². The largest absolute Gasteiger partial charge is 0.494 e. The summed E-state index contributed by atoms with van der Waals surface area (Å²) < 4.78 is 19.9. The predicted octanol–water partition coefficient (Wildman–Crippen LogP) is 1.74. The molecule has 2 N–H and O–H groups in total. The lowest BCUT2D eigenvalue weighted by Crippen LogP contribution is -2.08. The van der Waals surface area contributed by atoms with E-state index in [-0.39, 0.29) is 11.8 Å². The van der Waals surface area contributed by atoms with Crippen molar-refractivity contribution in [3.63, 3.8) is 0 Å². The normalized spacial score (nSPS) is 12.5. The Kier molecular flexibility index (Phi) is 3.29. The average Bonchev–Trinajstić information content (AvgIpc) is 2.72. The standard InChI is InChI=1S/C12H15FN4O/c1-7(14)12-8(2)17(16-15-12)9-4-5-10(13)11(6-9)18-3/h4-7H,14H2,1-3H3. The first-order valence-corrected chi connectivity index (χ1v) is 5.56. The van der Waals surface area contributed by atoms with E-state index in [0.717, 1.165) is 11.4 Å². The minimum absolute atomic E-state index is 0.171. The highest BCUT2D eigenvalue weighted by molar-refractivity contribution is 5.41. The zero-order chi connectivity index (χ0) is 13.3. The van der Waals surface area contributed by atoms with Crippen LogP contribution in [0.5, 0.6) is 5.75 Å². The molecule has 0 aliphatic rings. The van der Waals surface area contributed by atoms with Crippen molar-refractivity contribution in [3.8, 4) is 11.4 Å². The fraction of sp³-hybridized carbons (Fsp3) is 0.333. The maximum atomic E-state index is 13.3. The zero-order valence-corrected chi connectivity index (χ0v) is 10.5. The molecule has 0 bridgehead atoms. The Morgan fingerprint density at radius 3 is 2.72 bits per heavy atom. The second kappa shape index (κ2) is 4.73. The second-order valence-corrected chi connectivity index (χ2v) is 4.08. The predicted molar refractivity (Wildman–Crippen MR) is 65.2 cm³/mol. The molecule has 1 atom stereocenters. The van der Waals surface area contributed by atoms with Crippen molar-refractivity contribution >= 4 is 0 Å². The molecule has 2 rings (SSSR count). The third-order valence-electron chi connectivity index (χ3n) is 2.74. The number of ether oxygens (including phenoxy) is 1. The monoisotopic (exact) mass is 250 g/mol. The molecule has 0 fully saturated rings. The van der Waals surface area contributed by atoms with Crippen molar-refractivity contribution in [2.75, 3.05) is 7.11 Å². The molecule has 0 radical (unpaired) electrons. The highest BCUT2D eigenvalue weighted by Gasteiger charge is 2.14. The van der Waals surface area contributed by atoms with Gasteiger partial charge in [0.1, 0.15) is 5.69 Å². The third kappa shape index (κ3) is 2.06. The van der Waals surface area contributed by atoms with Crippen LogP contribution < -0.4 is 10.5 Å². The van der Waals surface area contributed by atoms with Crippen LogP contribution in [0.1, 0.15) is 24.4 Å². The van der Waals surface area contributed by atoms with E-state index < -0.39 is 5.82 Å². The highest BCUT2D eigenvalue weighted by Crippen LogP contribution is 2.22. The van der Waals surface area contributed by atoms with Crippen LogP contribution in [-0.4, -0.2) is 22.1 Å². The van der Waals surface area contributed by atoms with Crippen molar-refractivity contribution in [1.82, 2.24) is 15.0 Å². The number of hydrogen-bond acceptors (Lipinski definition) is 4. The van der Waals surface area contributed by atoms with Crippen LogP contribution in [-0.2, 0) is 0 Å². The van der Waals surface area contributed by atoms with Gasteiger partial charge in [0.2, 0.25) is 0 Å². The first-order chi connectivity index (χ1) is 8.54. The first-order valence-electron chi connectivity index (χ1n) is 5.56. The molecular formula is C12H15FN4O. The van der Waals surface area contributed by atoms with Gasteiger partial charge in [-0.3, -0.25) is 0 Å². The van der Waals surface area contributed by atoms with Crippen molar-refractivity contribution < 1.29 is 9.13 Å². The minimum Gasteiger partial charge on any atom is -0.494 e. The summed E-state index contributed by atoms with van der Waals surface area (Å²) in [6.45, 7) is 3.71. The molecule has 0 amide bonds. The van der Waals surface area contributed by atoms with Crippen LogP contribution >= 0.6 is 0 Å². The van der Waals surface area contributed by atoms with Gasteiger partial charge in [-0.1, -0.05) is 5.21 Å². The van der Waals surface area contributed by atoms with Gasteiger partial charge in [0.15, 0.2) is 11.6 Å². The van der Waals surface area contributed by atoms with E-state index in [9.17, 15) is 4.39 Å². The Hall–Kier alpha value is -1.95. The number of methoxy groups -OCH3 is 1. The van der Waals surface area contributed by atoms with Crippen LogP contribution in [0.2, 0.25) is 0 Å². The SMILES string of the molecule is COc1cc(-n2nnc(C(C)N)c2C)ccc1F. The molecule has 0 aliphatic carbocycles. The van der Waals surface area contributed by atoms with E-state index in [4.69, 9.17) is 10.5 Å². The average molecular weight is 250 g/mol. The van der Waals surface area contributed by atoms with Gasteiger partial charge in [-0.15, -0.1) is 5.10 Å². The van der Waals surface area contributed by atoms with Gasteiger partial charge in [0.05, 0.1) is 18.5 Å². The molecule has 0 spiro atoms. The molecule has 1 unspecified atom stereocenters. The number of rotatable bonds is 3. The van der Waals surface area contributed by atoms with E-state index in [1.54, 1.807) is 16.8 Å². The van der Waals surface area contributed by atoms with Gasteiger partial charge in [0.25, 0.3) is 0 Å². The van der Waals surface area contributed by atoms with Crippen LogP contribution in [0.15, 0.2) is 18.2 Å². The number of benzene rings is 1. The lowest BCUT2D eigenvalue weighted by atomic mass is 10.2. The van der Waals surface area contributed by atoms with Gasteiger partial charge in [-0.25, -0.2) is 9.07 Å². The second-order valence-electron chi connectivity index (χ2n) is 4.08. The van der Waals surface area contributed by atoms with E-state index in [1.807, 2.05) is 13.8 Å². The molecule has 6 heteroatoms. The Morgan fingerprint density at radius 2 is 2.17 bits per heavy atom. The smallest absolute Gasteiger partial charge is 0.165 e. The van der Waals surface area contributed by atoms with E-state index in [1.165, 1.54) is 13.2 Å². The van der Waals surface area contributed by atoms with Crippen LogP contribution in [0.25, 0.3) is 5.69 Å². The van der Waals surface area contributed by atoms with E-state index in [2.05, 4.69) is 10.3 Å². The highest BCUT2D eigenvalue weighted by atomic mass is 19.1. The Balaban J connectivity index is 2.49.